The normalized spacial score (nSPS) is 20.5. The summed E-state index contributed by atoms with van der Waals surface area (Å²) in [4.78, 5) is 29.7. The molecule has 0 spiro atoms. The molecule has 0 aromatic heterocycles. The summed E-state index contributed by atoms with van der Waals surface area (Å²) in [7, 11) is 0. The number of rotatable bonds is 6. The van der Waals surface area contributed by atoms with Gasteiger partial charge in [-0.1, -0.05) is 19.8 Å². The first-order valence-corrected chi connectivity index (χ1v) is 9.06. The molecule has 0 radical (unpaired) electrons. The van der Waals surface area contributed by atoms with E-state index in [1.807, 2.05) is 16.7 Å². The number of amides is 1. The van der Waals surface area contributed by atoms with Gasteiger partial charge in [-0.2, -0.15) is 0 Å². The molecular formula is C17H32ClN3O3. The second kappa shape index (κ2) is 10.9. The number of carboxylic acid groups (broad SMARTS) is 1. The maximum absolute atomic E-state index is 12.4. The number of hydrogen-bond acceptors (Lipinski definition) is 4. The standard InChI is InChI=1S/C17H31N3O3.ClH/c1-2-19(14-17(22)23)15-7-11-18(12-8-15)13-16(21)20-9-5-3-4-6-10-20;/h15H,2-14H2,1H3,(H,22,23);1H. The number of nitrogens with zero attached hydrogens (tertiary/aromatic N) is 3. The highest BCUT2D eigenvalue weighted by Gasteiger charge is 2.27. The second-order valence-corrected chi connectivity index (χ2v) is 6.76. The molecule has 0 aliphatic carbocycles. The monoisotopic (exact) mass is 361 g/mol. The second-order valence-electron chi connectivity index (χ2n) is 6.76. The molecule has 0 bridgehead atoms. The Bertz CT molecular complexity index is 393. The van der Waals surface area contributed by atoms with E-state index in [1.54, 1.807) is 0 Å². The lowest BCUT2D eigenvalue weighted by atomic mass is 10.0. The van der Waals surface area contributed by atoms with E-state index in [0.717, 1.165) is 58.4 Å². The van der Waals surface area contributed by atoms with E-state index in [-0.39, 0.29) is 24.9 Å². The topological polar surface area (TPSA) is 64.1 Å². The van der Waals surface area contributed by atoms with Gasteiger partial charge in [0, 0.05) is 32.2 Å². The minimum atomic E-state index is -0.759. The summed E-state index contributed by atoms with van der Waals surface area (Å²) in [6.07, 6.45) is 6.66. The van der Waals surface area contributed by atoms with Crippen molar-refractivity contribution in [2.75, 3.05) is 45.8 Å². The molecule has 0 aromatic carbocycles. The van der Waals surface area contributed by atoms with Gasteiger partial charge in [0.05, 0.1) is 13.1 Å². The van der Waals surface area contributed by atoms with Crippen LogP contribution >= 0.6 is 12.4 Å². The molecule has 2 saturated heterocycles. The number of carboxylic acids is 1. The van der Waals surface area contributed by atoms with Crippen molar-refractivity contribution in [3.63, 3.8) is 0 Å². The number of halogens is 1. The van der Waals surface area contributed by atoms with Crippen LogP contribution in [-0.4, -0.2) is 83.5 Å². The molecule has 0 atom stereocenters. The quantitative estimate of drug-likeness (QED) is 0.779. The Morgan fingerprint density at radius 3 is 2.12 bits per heavy atom. The van der Waals surface area contributed by atoms with Gasteiger partial charge in [0.1, 0.15) is 0 Å². The molecule has 6 nitrogen and oxygen atoms in total. The number of piperidine rings is 1. The lowest BCUT2D eigenvalue weighted by molar-refractivity contribution is -0.139. The van der Waals surface area contributed by atoms with Gasteiger partial charge in [-0.25, -0.2) is 0 Å². The van der Waals surface area contributed by atoms with Crippen LogP contribution in [0, 0.1) is 0 Å². The Morgan fingerprint density at radius 2 is 1.62 bits per heavy atom. The zero-order valence-corrected chi connectivity index (χ0v) is 15.6. The van der Waals surface area contributed by atoms with Crippen LogP contribution in [0.15, 0.2) is 0 Å². The number of aliphatic carboxylic acids is 1. The van der Waals surface area contributed by atoms with Crippen molar-refractivity contribution in [1.82, 2.24) is 14.7 Å². The van der Waals surface area contributed by atoms with Crippen molar-refractivity contribution >= 4 is 24.3 Å². The molecule has 0 aromatic rings. The first-order chi connectivity index (χ1) is 11.1. The Labute approximate surface area is 151 Å². The highest BCUT2D eigenvalue weighted by atomic mass is 35.5. The Hall–Kier alpha value is -0.850. The fourth-order valence-electron chi connectivity index (χ4n) is 3.73. The van der Waals surface area contributed by atoms with Crippen molar-refractivity contribution in [3.05, 3.63) is 0 Å². The van der Waals surface area contributed by atoms with Gasteiger partial charge in [0.25, 0.3) is 0 Å². The van der Waals surface area contributed by atoms with Gasteiger partial charge in [-0.3, -0.25) is 19.4 Å². The smallest absolute Gasteiger partial charge is 0.317 e. The number of carbonyl (C=O) groups excluding carboxylic acids is 1. The number of likely N-dealkylation sites (tertiary alicyclic amines) is 2. The van der Waals surface area contributed by atoms with E-state index in [2.05, 4.69) is 4.90 Å². The van der Waals surface area contributed by atoms with E-state index >= 15 is 0 Å². The molecule has 0 saturated carbocycles. The lowest BCUT2D eigenvalue weighted by Gasteiger charge is -2.37. The van der Waals surface area contributed by atoms with E-state index in [0.29, 0.717) is 12.6 Å². The van der Waals surface area contributed by atoms with Gasteiger partial charge in [0.2, 0.25) is 5.91 Å². The molecule has 2 rings (SSSR count). The average Bonchev–Trinajstić information content (AvgIpc) is 2.82. The predicted molar refractivity (Wildman–Crippen MR) is 96.6 cm³/mol. The van der Waals surface area contributed by atoms with E-state index in [4.69, 9.17) is 5.11 Å². The van der Waals surface area contributed by atoms with Gasteiger partial charge >= 0.3 is 5.97 Å². The zero-order chi connectivity index (χ0) is 16.7. The fraction of sp³-hybridized carbons (Fsp3) is 0.882. The summed E-state index contributed by atoms with van der Waals surface area (Å²) >= 11 is 0. The van der Waals surface area contributed by atoms with Crippen LogP contribution in [0.1, 0.15) is 45.4 Å². The van der Waals surface area contributed by atoms with Crippen LogP contribution in [0.5, 0.6) is 0 Å². The van der Waals surface area contributed by atoms with Gasteiger partial charge < -0.3 is 10.0 Å². The van der Waals surface area contributed by atoms with Crippen molar-refractivity contribution < 1.29 is 14.7 Å². The molecule has 2 heterocycles. The first kappa shape index (κ1) is 21.2. The molecule has 1 N–H and O–H groups in total. The summed E-state index contributed by atoms with van der Waals surface area (Å²) in [6, 6.07) is 0.334. The molecule has 0 unspecified atom stereocenters. The van der Waals surface area contributed by atoms with Gasteiger partial charge in [-0.05, 0) is 32.2 Å². The fourth-order valence-corrected chi connectivity index (χ4v) is 3.73. The van der Waals surface area contributed by atoms with Crippen LogP contribution in [0.25, 0.3) is 0 Å². The van der Waals surface area contributed by atoms with Crippen molar-refractivity contribution in [2.24, 2.45) is 0 Å². The summed E-state index contributed by atoms with van der Waals surface area (Å²) in [6.45, 7) is 7.03. The molecule has 1 amide bonds. The number of hydrogen-bond donors (Lipinski definition) is 1. The third-order valence-corrected chi connectivity index (χ3v) is 5.14. The number of carbonyl (C=O) groups is 2. The van der Waals surface area contributed by atoms with Crippen LogP contribution in [-0.2, 0) is 9.59 Å². The Morgan fingerprint density at radius 1 is 1.04 bits per heavy atom. The highest BCUT2D eigenvalue weighted by molar-refractivity contribution is 5.85. The minimum absolute atomic E-state index is 0. The summed E-state index contributed by atoms with van der Waals surface area (Å²) in [5, 5.41) is 8.98. The molecule has 7 heteroatoms. The molecule has 2 aliphatic heterocycles. The van der Waals surface area contributed by atoms with Gasteiger partial charge in [-0.15, -0.1) is 12.4 Å². The van der Waals surface area contributed by atoms with Crippen LogP contribution in [0.4, 0.5) is 0 Å². The molecule has 2 fully saturated rings. The van der Waals surface area contributed by atoms with Crippen LogP contribution in [0.2, 0.25) is 0 Å². The Balaban J connectivity index is 0.00000288. The minimum Gasteiger partial charge on any atom is -0.480 e. The molecule has 2 aliphatic rings. The lowest BCUT2D eigenvalue weighted by Crippen LogP contribution is -2.49. The summed E-state index contributed by atoms with van der Waals surface area (Å²) in [5.41, 5.74) is 0. The van der Waals surface area contributed by atoms with E-state index in [9.17, 15) is 9.59 Å². The third-order valence-electron chi connectivity index (χ3n) is 5.14. The maximum Gasteiger partial charge on any atom is 0.317 e. The molecule has 140 valence electrons. The molecule has 24 heavy (non-hydrogen) atoms. The first-order valence-electron chi connectivity index (χ1n) is 9.06. The maximum atomic E-state index is 12.4. The average molecular weight is 362 g/mol. The third kappa shape index (κ3) is 6.57. The van der Waals surface area contributed by atoms with Crippen molar-refractivity contribution in [2.45, 2.75) is 51.5 Å². The van der Waals surface area contributed by atoms with E-state index < -0.39 is 5.97 Å². The number of likely N-dealkylation sites (N-methyl/N-ethyl adjacent to an activating group) is 1. The highest BCUT2D eigenvalue weighted by Crippen LogP contribution is 2.17. The largest absolute Gasteiger partial charge is 0.480 e. The van der Waals surface area contributed by atoms with Crippen molar-refractivity contribution in [1.29, 1.82) is 0 Å². The van der Waals surface area contributed by atoms with E-state index in [1.165, 1.54) is 12.8 Å². The SMILES string of the molecule is CCN(CC(=O)O)C1CCN(CC(=O)N2CCCCCC2)CC1.Cl. The summed E-state index contributed by atoms with van der Waals surface area (Å²) in [5.74, 6) is -0.492. The van der Waals surface area contributed by atoms with Gasteiger partial charge in [0.15, 0.2) is 0 Å². The summed E-state index contributed by atoms with van der Waals surface area (Å²) < 4.78 is 0. The zero-order valence-electron chi connectivity index (χ0n) is 14.8. The van der Waals surface area contributed by atoms with Crippen LogP contribution in [0.3, 0.4) is 0 Å². The molecular weight excluding hydrogens is 330 g/mol. The Kier molecular flexibility index (Phi) is 9.63. The van der Waals surface area contributed by atoms with Crippen molar-refractivity contribution in [3.8, 4) is 0 Å². The predicted octanol–water partition coefficient (Wildman–Crippen LogP) is 1.68. The van der Waals surface area contributed by atoms with Crippen LogP contribution < -0.4 is 0 Å².